The minimum atomic E-state index is 0.700. The molecule has 0 atom stereocenters. The highest BCUT2D eigenvalue weighted by Crippen LogP contribution is 2.33. The number of aromatic nitrogens is 4. The third kappa shape index (κ3) is 4.01. The first-order chi connectivity index (χ1) is 15.2. The number of anilines is 1. The summed E-state index contributed by atoms with van der Waals surface area (Å²) in [4.78, 5) is 6.81. The third-order valence-corrected chi connectivity index (χ3v) is 6.73. The van der Waals surface area contributed by atoms with Crippen LogP contribution in [-0.2, 0) is 10.5 Å². The quantitative estimate of drug-likeness (QED) is 0.402. The number of hydrogen-bond donors (Lipinski definition) is 0. The van der Waals surface area contributed by atoms with Gasteiger partial charge in [-0.25, -0.2) is 0 Å². The van der Waals surface area contributed by atoms with Gasteiger partial charge in [0.2, 0.25) is 5.95 Å². The molecule has 2 aromatic heterocycles. The van der Waals surface area contributed by atoms with Crippen LogP contribution in [0.1, 0.15) is 11.1 Å². The smallest absolute Gasteiger partial charge is 0.232 e. The number of thioether (sulfide) groups is 1. The average molecular weight is 452 g/mol. The third-order valence-electron chi connectivity index (χ3n) is 5.42. The molecular weight excluding hydrogens is 430 g/mol. The van der Waals surface area contributed by atoms with Crippen LogP contribution in [0.5, 0.6) is 0 Å². The van der Waals surface area contributed by atoms with E-state index in [2.05, 4.69) is 55.8 Å². The van der Waals surface area contributed by atoms with Crippen LogP contribution in [0.4, 0.5) is 5.95 Å². The average Bonchev–Trinajstić information content (AvgIpc) is 3.23. The first-order valence-corrected chi connectivity index (χ1v) is 11.6. The number of fused-ring (bicyclic) bond motifs is 1. The fourth-order valence-electron chi connectivity index (χ4n) is 3.80. The Morgan fingerprint density at radius 1 is 1.03 bits per heavy atom. The number of benzene rings is 2. The molecule has 8 heteroatoms. The van der Waals surface area contributed by atoms with Crippen LogP contribution >= 0.6 is 23.4 Å². The zero-order chi connectivity index (χ0) is 21.2. The van der Waals surface area contributed by atoms with Crippen LogP contribution in [-0.4, -0.2) is 46.1 Å². The van der Waals surface area contributed by atoms with Gasteiger partial charge in [-0.3, -0.25) is 9.55 Å². The SMILES string of the molecule is Cc1ccccc1-n1c(SCc2ccc(Cl)c3cccnc23)nnc1N1CCOCC1. The summed E-state index contributed by atoms with van der Waals surface area (Å²) in [5, 5.41) is 11.7. The van der Waals surface area contributed by atoms with Gasteiger partial charge in [-0.2, -0.15) is 0 Å². The van der Waals surface area contributed by atoms with Crippen LogP contribution in [0.3, 0.4) is 0 Å². The molecule has 4 aromatic rings. The Balaban J connectivity index is 1.52. The molecule has 0 radical (unpaired) electrons. The van der Waals surface area contributed by atoms with Crippen molar-refractivity contribution < 1.29 is 4.74 Å². The van der Waals surface area contributed by atoms with E-state index in [1.54, 1.807) is 18.0 Å². The van der Waals surface area contributed by atoms with Gasteiger partial charge in [0.25, 0.3) is 0 Å². The molecule has 2 aromatic carbocycles. The summed E-state index contributed by atoms with van der Waals surface area (Å²) in [5.74, 6) is 1.58. The molecule has 0 N–H and O–H groups in total. The molecule has 1 aliphatic rings. The number of morpholine rings is 1. The van der Waals surface area contributed by atoms with Crippen molar-refractivity contribution in [3.05, 3.63) is 70.9 Å². The summed E-state index contributed by atoms with van der Waals surface area (Å²) < 4.78 is 7.69. The van der Waals surface area contributed by atoms with Crippen molar-refractivity contribution in [3.8, 4) is 5.69 Å². The van der Waals surface area contributed by atoms with Crippen LogP contribution < -0.4 is 4.90 Å². The molecule has 1 aliphatic heterocycles. The second-order valence-corrected chi connectivity index (χ2v) is 8.75. The van der Waals surface area contributed by atoms with Gasteiger partial charge >= 0.3 is 0 Å². The Morgan fingerprint density at radius 2 is 1.87 bits per heavy atom. The number of hydrogen-bond acceptors (Lipinski definition) is 6. The molecule has 6 nitrogen and oxygen atoms in total. The lowest BCUT2D eigenvalue weighted by molar-refractivity contribution is 0.122. The van der Waals surface area contributed by atoms with Crippen molar-refractivity contribution in [3.63, 3.8) is 0 Å². The largest absolute Gasteiger partial charge is 0.378 e. The van der Waals surface area contributed by atoms with E-state index in [4.69, 9.17) is 16.3 Å². The number of pyridine rings is 1. The van der Waals surface area contributed by atoms with Crippen LogP contribution in [0.25, 0.3) is 16.6 Å². The molecule has 31 heavy (non-hydrogen) atoms. The summed E-state index contributed by atoms with van der Waals surface area (Å²) in [7, 11) is 0. The zero-order valence-electron chi connectivity index (χ0n) is 17.2. The first-order valence-electron chi connectivity index (χ1n) is 10.2. The van der Waals surface area contributed by atoms with Gasteiger partial charge in [0.1, 0.15) is 0 Å². The van der Waals surface area contributed by atoms with Gasteiger partial charge in [0, 0.05) is 35.4 Å². The van der Waals surface area contributed by atoms with Crippen molar-refractivity contribution >= 4 is 40.2 Å². The van der Waals surface area contributed by atoms with E-state index < -0.39 is 0 Å². The fourth-order valence-corrected chi connectivity index (χ4v) is 4.94. The van der Waals surface area contributed by atoms with Crippen molar-refractivity contribution in [1.82, 2.24) is 19.7 Å². The van der Waals surface area contributed by atoms with E-state index in [1.165, 1.54) is 5.56 Å². The lowest BCUT2D eigenvalue weighted by Crippen LogP contribution is -2.38. The Labute approximate surface area is 190 Å². The van der Waals surface area contributed by atoms with Crippen LogP contribution in [0, 0.1) is 6.92 Å². The molecule has 0 aliphatic carbocycles. The molecule has 5 rings (SSSR count). The Bertz CT molecular complexity index is 1220. The summed E-state index contributed by atoms with van der Waals surface area (Å²) in [6.07, 6.45) is 1.80. The van der Waals surface area contributed by atoms with E-state index in [9.17, 15) is 0 Å². The summed E-state index contributed by atoms with van der Waals surface area (Å²) in [6.45, 7) is 5.13. The molecule has 1 saturated heterocycles. The Hall–Kier alpha value is -2.61. The minimum absolute atomic E-state index is 0.700. The maximum Gasteiger partial charge on any atom is 0.232 e. The van der Waals surface area contributed by atoms with Gasteiger partial charge in [-0.15, -0.1) is 10.2 Å². The molecule has 3 heterocycles. The van der Waals surface area contributed by atoms with Crippen molar-refractivity contribution in [2.75, 3.05) is 31.2 Å². The Morgan fingerprint density at radius 3 is 2.71 bits per heavy atom. The van der Waals surface area contributed by atoms with Gasteiger partial charge in [0.05, 0.1) is 24.4 Å². The summed E-state index contributed by atoms with van der Waals surface area (Å²) >= 11 is 8.03. The minimum Gasteiger partial charge on any atom is -0.378 e. The number of para-hydroxylation sites is 1. The van der Waals surface area contributed by atoms with Crippen molar-refractivity contribution in [1.29, 1.82) is 0 Å². The van der Waals surface area contributed by atoms with E-state index in [0.29, 0.717) is 13.2 Å². The van der Waals surface area contributed by atoms with Crippen molar-refractivity contribution in [2.24, 2.45) is 0 Å². The highest BCUT2D eigenvalue weighted by Gasteiger charge is 2.22. The predicted octanol–water partition coefficient (Wildman–Crippen LogP) is 4.91. The van der Waals surface area contributed by atoms with E-state index in [0.717, 1.165) is 57.1 Å². The molecule has 0 spiro atoms. The highest BCUT2D eigenvalue weighted by molar-refractivity contribution is 7.98. The molecule has 158 valence electrons. The number of rotatable bonds is 5. The molecule has 0 saturated carbocycles. The van der Waals surface area contributed by atoms with Gasteiger partial charge in [-0.1, -0.05) is 47.6 Å². The van der Waals surface area contributed by atoms with Crippen LogP contribution in [0.15, 0.2) is 59.9 Å². The predicted molar refractivity (Wildman–Crippen MR) is 125 cm³/mol. The van der Waals surface area contributed by atoms with Crippen molar-refractivity contribution in [2.45, 2.75) is 17.8 Å². The maximum absolute atomic E-state index is 6.37. The standard InChI is InChI=1S/C23H22ClN5OS/c1-16-5-2-3-7-20(16)29-22(28-11-13-30-14-12-28)26-27-23(29)31-15-17-8-9-19(24)18-6-4-10-25-21(17)18/h2-10H,11-15H2,1H3. The van der Waals surface area contributed by atoms with E-state index in [1.807, 2.05) is 24.3 Å². The molecular formula is C23H22ClN5OS. The van der Waals surface area contributed by atoms with E-state index >= 15 is 0 Å². The summed E-state index contributed by atoms with van der Waals surface area (Å²) in [5.41, 5.74) is 4.32. The van der Waals surface area contributed by atoms with Gasteiger partial charge in [-0.05, 0) is 42.3 Å². The molecule has 0 amide bonds. The fraction of sp³-hybridized carbons (Fsp3) is 0.261. The molecule has 1 fully saturated rings. The van der Waals surface area contributed by atoms with Gasteiger partial charge < -0.3 is 9.64 Å². The Kier molecular flexibility index (Phi) is 5.80. The number of ether oxygens (including phenoxy) is 1. The maximum atomic E-state index is 6.37. The zero-order valence-corrected chi connectivity index (χ0v) is 18.7. The second-order valence-electron chi connectivity index (χ2n) is 7.40. The first kappa shape index (κ1) is 20.3. The normalized spacial score (nSPS) is 14.3. The summed E-state index contributed by atoms with van der Waals surface area (Å²) in [6, 6.07) is 16.2. The van der Waals surface area contributed by atoms with Gasteiger partial charge in [0.15, 0.2) is 5.16 Å². The lowest BCUT2D eigenvalue weighted by Gasteiger charge is -2.28. The highest BCUT2D eigenvalue weighted by atomic mass is 35.5. The molecule has 0 bridgehead atoms. The second kappa shape index (κ2) is 8.86. The van der Waals surface area contributed by atoms with E-state index in [-0.39, 0.29) is 0 Å². The van der Waals surface area contributed by atoms with Crippen LogP contribution in [0.2, 0.25) is 5.02 Å². The lowest BCUT2D eigenvalue weighted by atomic mass is 10.1. The number of aryl methyl sites for hydroxylation is 1. The number of nitrogens with zero attached hydrogens (tertiary/aromatic N) is 5. The number of halogens is 1. The monoisotopic (exact) mass is 451 g/mol. The molecule has 0 unspecified atom stereocenters. The topological polar surface area (TPSA) is 56.1 Å².